The Bertz CT molecular complexity index is 1650. The van der Waals surface area contributed by atoms with Crippen LogP contribution >= 0.6 is 45.2 Å². The normalized spacial score (nSPS) is 14.1. The van der Waals surface area contributed by atoms with Gasteiger partial charge < -0.3 is 4.98 Å². The molecular weight excluding hydrogens is 680 g/mol. The van der Waals surface area contributed by atoms with Crippen LogP contribution in [-0.2, 0) is 0 Å². The highest BCUT2D eigenvalue weighted by Gasteiger charge is 2.21. The van der Waals surface area contributed by atoms with Crippen LogP contribution in [0.4, 0.5) is 5.82 Å². The Kier molecular flexibility index (Phi) is 6.89. The zero-order valence-electron chi connectivity index (χ0n) is 19.7. The van der Waals surface area contributed by atoms with Gasteiger partial charge in [-0.2, -0.15) is 0 Å². The predicted octanol–water partition coefficient (Wildman–Crippen LogP) is 9.17. The van der Waals surface area contributed by atoms with Gasteiger partial charge in [0.25, 0.3) is 0 Å². The maximum absolute atomic E-state index is 5.15. The molecule has 0 aliphatic carbocycles. The van der Waals surface area contributed by atoms with Crippen LogP contribution in [0.2, 0.25) is 0 Å². The number of rotatable bonds is 5. The monoisotopic (exact) mass is 701 g/mol. The van der Waals surface area contributed by atoms with E-state index in [-0.39, 0.29) is 0 Å². The molecule has 6 rings (SSSR count). The summed E-state index contributed by atoms with van der Waals surface area (Å²) in [6.45, 7) is 0. The van der Waals surface area contributed by atoms with E-state index < -0.39 is 0 Å². The van der Waals surface area contributed by atoms with Crippen molar-refractivity contribution in [2.75, 3.05) is 0 Å². The lowest BCUT2D eigenvalue weighted by Crippen LogP contribution is -1.96. The molecule has 5 aromatic rings. The van der Waals surface area contributed by atoms with Gasteiger partial charge in [0.15, 0.2) is 5.84 Å². The van der Waals surface area contributed by atoms with Gasteiger partial charge in [0.1, 0.15) is 5.82 Å². The third-order valence-electron chi connectivity index (χ3n) is 6.23. The zero-order valence-corrected chi connectivity index (χ0v) is 24.0. The van der Waals surface area contributed by atoms with Gasteiger partial charge in [-0.1, -0.05) is 84.9 Å². The van der Waals surface area contributed by atoms with E-state index in [9.17, 15) is 0 Å². The van der Waals surface area contributed by atoms with Crippen molar-refractivity contribution in [3.8, 4) is 22.4 Å². The smallest absolute Gasteiger partial charge is 0.162 e. The minimum Gasteiger partial charge on any atom is -0.339 e. The van der Waals surface area contributed by atoms with Crippen LogP contribution in [0, 0.1) is 7.14 Å². The van der Waals surface area contributed by atoms with Gasteiger partial charge in [-0.05, 0) is 98.3 Å². The number of amidine groups is 1. The lowest BCUT2D eigenvalue weighted by molar-refractivity contribution is 1.33. The van der Waals surface area contributed by atoms with Gasteiger partial charge >= 0.3 is 0 Å². The Labute approximate surface area is 243 Å². The molecule has 178 valence electrons. The van der Waals surface area contributed by atoms with Crippen LogP contribution in [0.15, 0.2) is 131 Å². The Balaban J connectivity index is 1.51. The highest BCUT2D eigenvalue weighted by Crippen LogP contribution is 2.36. The van der Waals surface area contributed by atoms with E-state index in [0.29, 0.717) is 5.84 Å². The molecule has 3 nitrogen and oxygen atoms in total. The van der Waals surface area contributed by atoms with Gasteiger partial charge in [-0.3, -0.25) is 0 Å². The first-order valence-electron chi connectivity index (χ1n) is 11.9. The van der Waals surface area contributed by atoms with E-state index in [1.165, 1.54) is 7.14 Å². The minimum absolute atomic E-state index is 0.702. The second-order valence-corrected chi connectivity index (χ2v) is 11.2. The van der Waals surface area contributed by atoms with Crippen LogP contribution in [-0.4, -0.2) is 16.5 Å². The first-order valence-corrected chi connectivity index (χ1v) is 14.0. The molecule has 2 heterocycles. The summed E-state index contributed by atoms with van der Waals surface area (Å²) in [5.41, 5.74) is 8.41. The molecule has 0 bridgehead atoms. The van der Waals surface area contributed by atoms with Crippen LogP contribution in [0.3, 0.4) is 0 Å². The van der Waals surface area contributed by atoms with Gasteiger partial charge in [0, 0.05) is 29.5 Å². The van der Waals surface area contributed by atoms with Crippen LogP contribution in [0.1, 0.15) is 11.1 Å². The molecule has 0 radical (unpaired) electrons. The summed E-state index contributed by atoms with van der Waals surface area (Å²) in [7, 11) is 0. The first-order chi connectivity index (χ1) is 18.1. The van der Waals surface area contributed by atoms with E-state index in [2.05, 4.69) is 159 Å². The van der Waals surface area contributed by atoms with E-state index in [0.717, 1.165) is 50.6 Å². The molecule has 0 unspecified atom stereocenters. The van der Waals surface area contributed by atoms with E-state index in [1.54, 1.807) is 0 Å². The molecule has 1 aromatic heterocycles. The first kappa shape index (κ1) is 24.1. The standard InChI is InChI=1S/C32H21I2N3/c33-25-15-11-23(12-16-25)29-19-27(21-7-3-1-4-8-21)31(35-29)37-32-28(22-9-5-2-6-10-22)20-30(36-32)24-13-17-26(34)18-14-24/h1-20,35H/b37-32-. The number of H-pyrrole nitrogens is 1. The Morgan fingerprint density at radius 1 is 0.595 bits per heavy atom. The largest absolute Gasteiger partial charge is 0.339 e. The number of aromatic nitrogens is 1. The Morgan fingerprint density at radius 2 is 1.16 bits per heavy atom. The number of halogens is 2. The molecule has 0 spiro atoms. The molecular formula is C32H21I2N3. The third kappa shape index (κ3) is 5.24. The highest BCUT2D eigenvalue weighted by molar-refractivity contribution is 14.1. The molecule has 5 heteroatoms. The van der Waals surface area contributed by atoms with Crippen molar-refractivity contribution in [3.63, 3.8) is 0 Å². The second-order valence-electron chi connectivity index (χ2n) is 8.68. The van der Waals surface area contributed by atoms with Gasteiger partial charge in [-0.15, -0.1) is 0 Å². The quantitative estimate of drug-likeness (QED) is 0.178. The summed E-state index contributed by atoms with van der Waals surface area (Å²) < 4.78 is 2.40. The lowest BCUT2D eigenvalue weighted by atomic mass is 10.0. The van der Waals surface area contributed by atoms with Crippen LogP contribution < -0.4 is 0 Å². The van der Waals surface area contributed by atoms with Crippen molar-refractivity contribution < 1.29 is 0 Å². The van der Waals surface area contributed by atoms with Crippen molar-refractivity contribution in [1.82, 2.24) is 4.98 Å². The number of aliphatic imine (C=N–C) groups is 2. The number of hydrogen-bond donors (Lipinski definition) is 1. The molecule has 0 saturated heterocycles. The fourth-order valence-electron chi connectivity index (χ4n) is 4.35. The minimum atomic E-state index is 0.702. The molecule has 1 N–H and O–H groups in total. The maximum Gasteiger partial charge on any atom is 0.162 e. The van der Waals surface area contributed by atoms with E-state index in [4.69, 9.17) is 9.98 Å². The van der Waals surface area contributed by atoms with Gasteiger partial charge in [-0.25, -0.2) is 9.98 Å². The number of aromatic amines is 1. The van der Waals surface area contributed by atoms with Crippen molar-refractivity contribution in [1.29, 1.82) is 0 Å². The number of benzene rings is 4. The van der Waals surface area contributed by atoms with Crippen molar-refractivity contribution in [2.24, 2.45) is 9.98 Å². The van der Waals surface area contributed by atoms with Crippen molar-refractivity contribution in [3.05, 3.63) is 140 Å². The second kappa shape index (κ2) is 10.6. The number of allylic oxidation sites excluding steroid dienone is 1. The van der Waals surface area contributed by atoms with Crippen LogP contribution in [0.25, 0.3) is 28.0 Å². The molecule has 1 aliphatic rings. The SMILES string of the molecule is Ic1ccc(C2=N/C(=N\c3[nH]c(-c4ccc(I)cc4)cc3-c3ccccc3)C(c3ccccc3)=C2)cc1. The molecule has 0 amide bonds. The average molecular weight is 701 g/mol. The molecule has 4 aromatic carbocycles. The topological polar surface area (TPSA) is 40.5 Å². The summed E-state index contributed by atoms with van der Waals surface area (Å²) in [6.07, 6.45) is 2.14. The highest BCUT2D eigenvalue weighted by atomic mass is 127. The third-order valence-corrected chi connectivity index (χ3v) is 7.67. The molecule has 0 fully saturated rings. The summed E-state index contributed by atoms with van der Waals surface area (Å²) >= 11 is 4.66. The number of nitrogens with one attached hydrogen (secondary N) is 1. The predicted molar refractivity (Wildman–Crippen MR) is 172 cm³/mol. The molecule has 0 saturated carbocycles. The summed E-state index contributed by atoms with van der Waals surface area (Å²) in [5, 5.41) is 0. The van der Waals surface area contributed by atoms with Gasteiger partial charge in [0.05, 0.1) is 5.71 Å². The van der Waals surface area contributed by atoms with E-state index in [1.807, 2.05) is 12.1 Å². The summed E-state index contributed by atoms with van der Waals surface area (Å²) in [5.74, 6) is 1.50. The van der Waals surface area contributed by atoms with Gasteiger partial charge in [0.2, 0.25) is 0 Å². The van der Waals surface area contributed by atoms with Crippen LogP contribution in [0.5, 0.6) is 0 Å². The fourth-order valence-corrected chi connectivity index (χ4v) is 5.07. The lowest BCUT2D eigenvalue weighted by Gasteiger charge is -2.04. The van der Waals surface area contributed by atoms with E-state index >= 15 is 0 Å². The summed E-state index contributed by atoms with van der Waals surface area (Å²) in [4.78, 5) is 13.8. The molecule has 0 atom stereocenters. The average Bonchev–Trinajstić information content (AvgIpc) is 3.56. The Hall–Kier alpha value is -3.30. The van der Waals surface area contributed by atoms with Crippen molar-refractivity contribution in [2.45, 2.75) is 0 Å². The number of hydrogen-bond acceptors (Lipinski definition) is 1. The summed E-state index contributed by atoms with van der Waals surface area (Å²) in [6, 6.07) is 39.9. The fraction of sp³-hybridized carbons (Fsp3) is 0. The molecule has 37 heavy (non-hydrogen) atoms. The Morgan fingerprint density at radius 3 is 1.78 bits per heavy atom. The van der Waals surface area contributed by atoms with Crippen molar-refractivity contribution >= 4 is 68.1 Å². The number of nitrogens with zero attached hydrogens (tertiary/aromatic N) is 2. The maximum atomic E-state index is 5.15. The zero-order chi connectivity index (χ0) is 25.2. The molecule has 1 aliphatic heterocycles.